The summed E-state index contributed by atoms with van der Waals surface area (Å²) in [4.78, 5) is 14.1. The third-order valence-electron chi connectivity index (χ3n) is 5.30. The van der Waals surface area contributed by atoms with E-state index in [1.807, 2.05) is 51.5 Å². The van der Waals surface area contributed by atoms with Crippen molar-refractivity contribution in [3.63, 3.8) is 0 Å². The Bertz CT molecular complexity index is 1080. The summed E-state index contributed by atoms with van der Waals surface area (Å²) in [5, 5.41) is 3.17. The molecule has 0 bridgehead atoms. The third kappa shape index (κ3) is 3.40. The zero-order valence-electron chi connectivity index (χ0n) is 17.0. The molecule has 1 atom stereocenters. The van der Waals surface area contributed by atoms with Crippen molar-refractivity contribution in [2.75, 3.05) is 38.5 Å². The molecule has 1 N–H and O–H groups in total. The van der Waals surface area contributed by atoms with E-state index >= 15 is 0 Å². The minimum atomic E-state index is -0.340. The highest BCUT2D eigenvalue weighted by Gasteiger charge is 2.29. The number of carbonyl (C=O) groups excluding carboxylic acids is 1. The molecule has 0 saturated heterocycles. The first-order valence-corrected chi connectivity index (χ1v) is 9.51. The Kier molecular flexibility index (Phi) is 4.89. The SMILES string of the molecule is CNc1ccc2c(c1)Oc1cc(N(C)C)ccc1C2c1cccc(C(=O)OC)c1. The summed E-state index contributed by atoms with van der Waals surface area (Å²) in [6.45, 7) is 0. The molecule has 3 aromatic rings. The summed E-state index contributed by atoms with van der Waals surface area (Å²) in [6.07, 6.45) is 0. The number of rotatable bonds is 4. The number of hydrogen-bond acceptors (Lipinski definition) is 5. The predicted molar refractivity (Wildman–Crippen MR) is 116 cm³/mol. The van der Waals surface area contributed by atoms with Crippen LogP contribution in [0.1, 0.15) is 33.0 Å². The Morgan fingerprint density at radius 2 is 1.72 bits per heavy atom. The number of anilines is 2. The smallest absolute Gasteiger partial charge is 0.337 e. The van der Waals surface area contributed by atoms with Crippen molar-refractivity contribution < 1.29 is 14.3 Å². The average Bonchev–Trinajstić information content (AvgIpc) is 2.75. The zero-order valence-corrected chi connectivity index (χ0v) is 17.0. The van der Waals surface area contributed by atoms with Crippen LogP contribution in [-0.4, -0.2) is 34.2 Å². The van der Waals surface area contributed by atoms with Crippen molar-refractivity contribution in [1.29, 1.82) is 0 Å². The molecular weight excluding hydrogens is 364 g/mol. The Labute approximate surface area is 170 Å². The second-order valence-corrected chi connectivity index (χ2v) is 7.27. The lowest BCUT2D eigenvalue weighted by Gasteiger charge is -2.30. The fourth-order valence-electron chi connectivity index (χ4n) is 3.75. The first-order chi connectivity index (χ1) is 14.0. The second kappa shape index (κ2) is 7.51. The van der Waals surface area contributed by atoms with Crippen LogP contribution in [0.5, 0.6) is 11.5 Å². The van der Waals surface area contributed by atoms with Crippen molar-refractivity contribution >= 4 is 17.3 Å². The van der Waals surface area contributed by atoms with E-state index < -0.39 is 0 Å². The number of fused-ring (bicyclic) bond motifs is 2. The molecule has 5 heteroatoms. The normalized spacial score (nSPS) is 14.3. The molecule has 0 spiro atoms. The standard InChI is InChI=1S/C24H24N2O3/c1-25-17-8-10-19-21(13-17)29-22-14-18(26(2)3)9-11-20(22)23(19)15-6-5-7-16(12-15)24(27)28-4/h5-14,23,25H,1-4H3. The molecule has 29 heavy (non-hydrogen) atoms. The molecule has 1 aliphatic rings. The van der Waals surface area contributed by atoms with Gasteiger partial charge in [-0.1, -0.05) is 24.3 Å². The molecule has 148 valence electrons. The number of benzene rings is 3. The monoisotopic (exact) mass is 388 g/mol. The molecule has 0 aliphatic carbocycles. The molecule has 0 saturated carbocycles. The Hall–Kier alpha value is -3.47. The van der Waals surface area contributed by atoms with Crippen LogP contribution in [0.2, 0.25) is 0 Å². The second-order valence-electron chi connectivity index (χ2n) is 7.27. The van der Waals surface area contributed by atoms with Crippen molar-refractivity contribution in [3.05, 3.63) is 82.9 Å². The van der Waals surface area contributed by atoms with Crippen LogP contribution < -0.4 is 15.0 Å². The molecule has 4 rings (SSSR count). The first-order valence-electron chi connectivity index (χ1n) is 9.51. The van der Waals surface area contributed by atoms with Gasteiger partial charge in [0.1, 0.15) is 11.5 Å². The number of hydrogen-bond donors (Lipinski definition) is 1. The average molecular weight is 388 g/mol. The van der Waals surface area contributed by atoms with E-state index in [1.54, 1.807) is 6.07 Å². The number of carbonyl (C=O) groups is 1. The summed E-state index contributed by atoms with van der Waals surface area (Å²) < 4.78 is 11.2. The van der Waals surface area contributed by atoms with Gasteiger partial charge in [-0.05, 0) is 29.8 Å². The fraction of sp³-hybridized carbons (Fsp3) is 0.208. The van der Waals surface area contributed by atoms with Gasteiger partial charge in [-0.3, -0.25) is 0 Å². The maximum atomic E-state index is 12.1. The van der Waals surface area contributed by atoms with Gasteiger partial charge in [0, 0.05) is 61.7 Å². The van der Waals surface area contributed by atoms with Crippen LogP contribution in [0.25, 0.3) is 0 Å². The van der Waals surface area contributed by atoms with E-state index in [1.165, 1.54) is 7.11 Å². The lowest BCUT2D eigenvalue weighted by molar-refractivity contribution is 0.0600. The molecule has 5 nitrogen and oxygen atoms in total. The predicted octanol–water partition coefficient (Wildman–Crippen LogP) is 4.87. The molecule has 1 unspecified atom stereocenters. The highest BCUT2D eigenvalue weighted by atomic mass is 16.5. The van der Waals surface area contributed by atoms with Crippen LogP contribution in [0.4, 0.5) is 11.4 Å². The van der Waals surface area contributed by atoms with E-state index in [4.69, 9.17) is 9.47 Å². The molecule has 1 heterocycles. The minimum absolute atomic E-state index is 0.0412. The molecule has 3 aromatic carbocycles. The number of methoxy groups -OCH3 is 1. The van der Waals surface area contributed by atoms with Gasteiger partial charge in [0.15, 0.2) is 0 Å². The topological polar surface area (TPSA) is 50.8 Å². The van der Waals surface area contributed by atoms with Crippen LogP contribution in [0.3, 0.4) is 0 Å². The van der Waals surface area contributed by atoms with Gasteiger partial charge in [0.2, 0.25) is 0 Å². The number of ether oxygens (including phenoxy) is 2. The van der Waals surface area contributed by atoms with Crippen molar-refractivity contribution in [2.24, 2.45) is 0 Å². The minimum Gasteiger partial charge on any atom is -0.465 e. The van der Waals surface area contributed by atoms with Crippen molar-refractivity contribution in [1.82, 2.24) is 0 Å². The maximum Gasteiger partial charge on any atom is 0.337 e. The van der Waals surface area contributed by atoms with Gasteiger partial charge in [0.25, 0.3) is 0 Å². The summed E-state index contributed by atoms with van der Waals surface area (Å²) in [5.74, 6) is 1.26. The number of nitrogens with one attached hydrogen (secondary N) is 1. The molecule has 0 fully saturated rings. The van der Waals surface area contributed by atoms with E-state index in [9.17, 15) is 4.79 Å². The largest absolute Gasteiger partial charge is 0.465 e. The van der Waals surface area contributed by atoms with Crippen molar-refractivity contribution in [3.8, 4) is 11.5 Å². The van der Waals surface area contributed by atoms with Gasteiger partial charge >= 0.3 is 5.97 Å². The summed E-state index contributed by atoms with van der Waals surface area (Å²) in [5.41, 5.74) is 5.75. The molecular formula is C24H24N2O3. The Morgan fingerprint density at radius 1 is 1.00 bits per heavy atom. The molecule has 0 amide bonds. The zero-order chi connectivity index (χ0) is 20.5. The number of esters is 1. The lowest BCUT2D eigenvalue weighted by atomic mass is 9.82. The fourth-order valence-corrected chi connectivity index (χ4v) is 3.75. The molecule has 1 aliphatic heterocycles. The van der Waals surface area contributed by atoms with Gasteiger partial charge in [-0.25, -0.2) is 4.79 Å². The van der Waals surface area contributed by atoms with E-state index in [-0.39, 0.29) is 11.9 Å². The highest BCUT2D eigenvalue weighted by Crippen LogP contribution is 2.49. The van der Waals surface area contributed by atoms with Crippen molar-refractivity contribution in [2.45, 2.75) is 5.92 Å². The van der Waals surface area contributed by atoms with Gasteiger partial charge < -0.3 is 19.7 Å². The number of nitrogens with zero attached hydrogens (tertiary/aromatic N) is 1. The van der Waals surface area contributed by atoms with Crippen LogP contribution in [0, 0.1) is 0 Å². The van der Waals surface area contributed by atoms with Gasteiger partial charge in [-0.2, -0.15) is 0 Å². The van der Waals surface area contributed by atoms with E-state index in [2.05, 4.69) is 34.5 Å². The van der Waals surface area contributed by atoms with Gasteiger partial charge in [0.05, 0.1) is 12.7 Å². The van der Waals surface area contributed by atoms with E-state index in [0.717, 1.165) is 39.6 Å². The van der Waals surface area contributed by atoms with E-state index in [0.29, 0.717) is 5.56 Å². The summed E-state index contributed by atoms with van der Waals surface area (Å²) in [7, 11) is 7.31. The first kappa shape index (κ1) is 18.9. The van der Waals surface area contributed by atoms with Crippen LogP contribution >= 0.6 is 0 Å². The van der Waals surface area contributed by atoms with Crippen LogP contribution in [0.15, 0.2) is 60.7 Å². The van der Waals surface area contributed by atoms with Gasteiger partial charge in [-0.15, -0.1) is 0 Å². The Morgan fingerprint density at radius 3 is 2.41 bits per heavy atom. The summed E-state index contributed by atoms with van der Waals surface area (Å²) >= 11 is 0. The summed E-state index contributed by atoms with van der Waals surface area (Å²) in [6, 6.07) is 20.0. The van der Waals surface area contributed by atoms with Crippen LogP contribution in [-0.2, 0) is 4.74 Å². The lowest BCUT2D eigenvalue weighted by Crippen LogP contribution is -2.14. The maximum absolute atomic E-state index is 12.1. The Balaban J connectivity index is 1.90. The third-order valence-corrected chi connectivity index (χ3v) is 5.30. The molecule has 0 radical (unpaired) electrons. The quantitative estimate of drug-likeness (QED) is 0.506. The highest BCUT2D eigenvalue weighted by molar-refractivity contribution is 5.89. The molecule has 0 aromatic heterocycles.